The molecule has 142 valence electrons. The largest absolute Gasteiger partial charge is 0.379 e. The summed E-state index contributed by atoms with van der Waals surface area (Å²) in [6, 6.07) is 8.21. The van der Waals surface area contributed by atoms with Gasteiger partial charge < -0.3 is 10.1 Å². The van der Waals surface area contributed by atoms with Crippen molar-refractivity contribution in [2.45, 2.75) is 48.4 Å². The molecule has 1 saturated heterocycles. The van der Waals surface area contributed by atoms with Crippen molar-refractivity contribution in [3.8, 4) is 0 Å². The number of ether oxygens (including phenoxy) is 1. The Morgan fingerprint density at radius 3 is 2.85 bits per heavy atom. The lowest BCUT2D eigenvalue weighted by molar-refractivity contribution is 0.0730. The van der Waals surface area contributed by atoms with Crippen molar-refractivity contribution in [1.82, 2.24) is 9.62 Å². The second-order valence-corrected chi connectivity index (χ2v) is 9.89. The van der Waals surface area contributed by atoms with Crippen molar-refractivity contribution >= 4 is 27.0 Å². The number of benzene rings is 1. The fourth-order valence-corrected chi connectivity index (χ4v) is 6.15. The van der Waals surface area contributed by atoms with E-state index in [1.54, 1.807) is 23.9 Å². The maximum atomic E-state index is 12.8. The molecule has 2 atom stereocenters. The van der Waals surface area contributed by atoms with E-state index in [1.807, 2.05) is 12.1 Å². The van der Waals surface area contributed by atoms with Crippen molar-refractivity contribution in [2.75, 3.05) is 26.3 Å². The van der Waals surface area contributed by atoms with Crippen LogP contribution in [0.4, 0.5) is 0 Å². The van der Waals surface area contributed by atoms with Crippen molar-refractivity contribution in [2.24, 2.45) is 4.99 Å². The van der Waals surface area contributed by atoms with Gasteiger partial charge in [0.05, 0.1) is 30.2 Å². The molecule has 1 saturated carbocycles. The molecular formula is C18H25N3O3S2. The van der Waals surface area contributed by atoms with E-state index in [0.29, 0.717) is 43.3 Å². The molecule has 2 heterocycles. The molecule has 0 radical (unpaired) electrons. The Morgan fingerprint density at radius 1 is 1.23 bits per heavy atom. The number of rotatable bonds is 4. The number of hydrogen-bond acceptors (Lipinski definition) is 6. The summed E-state index contributed by atoms with van der Waals surface area (Å²) in [4.78, 5) is 5.17. The maximum Gasteiger partial charge on any atom is 0.243 e. The van der Waals surface area contributed by atoms with Crippen LogP contribution >= 0.6 is 11.8 Å². The molecule has 1 aliphatic carbocycles. The van der Waals surface area contributed by atoms with Crippen molar-refractivity contribution in [3.05, 3.63) is 29.8 Å². The SMILES string of the molecule is O=S(=O)(c1cccc(CSC2=N[C@@H]3CCCC[C@@H]3N2)c1)N1CCOCC1. The van der Waals surface area contributed by atoms with E-state index in [9.17, 15) is 8.42 Å². The zero-order valence-corrected chi connectivity index (χ0v) is 16.4. The summed E-state index contributed by atoms with van der Waals surface area (Å²) in [6.07, 6.45) is 4.93. The molecule has 0 bridgehead atoms. The van der Waals surface area contributed by atoms with Gasteiger partial charge in [0.25, 0.3) is 0 Å². The van der Waals surface area contributed by atoms with Gasteiger partial charge >= 0.3 is 0 Å². The van der Waals surface area contributed by atoms with Gasteiger partial charge in [-0.3, -0.25) is 4.99 Å². The summed E-state index contributed by atoms with van der Waals surface area (Å²) in [5, 5.41) is 4.54. The lowest BCUT2D eigenvalue weighted by atomic mass is 9.92. The van der Waals surface area contributed by atoms with E-state index >= 15 is 0 Å². The quantitative estimate of drug-likeness (QED) is 0.846. The van der Waals surface area contributed by atoms with Crippen molar-refractivity contribution in [1.29, 1.82) is 0 Å². The molecule has 4 rings (SSSR count). The summed E-state index contributed by atoms with van der Waals surface area (Å²) in [7, 11) is -3.44. The average molecular weight is 396 g/mol. The minimum absolute atomic E-state index is 0.368. The first-order chi connectivity index (χ1) is 12.6. The Balaban J connectivity index is 1.41. The van der Waals surface area contributed by atoms with E-state index in [4.69, 9.17) is 9.73 Å². The molecule has 26 heavy (non-hydrogen) atoms. The second kappa shape index (κ2) is 7.88. The monoisotopic (exact) mass is 395 g/mol. The number of aliphatic imine (C=N–C) groups is 1. The minimum atomic E-state index is -3.44. The number of nitrogens with one attached hydrogen (secondary N) is 1. The van der Waals surface area contributed by atoms with Crippen LogP contribution in [0, 0.1) is 0 Å². The number of hydrogen-bond donors (Lipinski definition) is 1. The van der Waals surface area contributed by atoms with Crippen molar-refractivity contribution < 1.29 is 13.2 Å². The van der Waals surface area contributed by atoms with Gasteiger partial charge in [-0.1, -0.05) is 36.7 Å². The summed E-state index contributed by atoms with van der Waals surface area (Å²) < 4.78 is 32.4. The van der Waals surface area contributed by atoms with E-state index in [-0.39, 0.29) is 0 Å². The highest BCUT2D eigenvalue weighted by atomic mass is 32.2. The van der Waals surface area contributed by atoms with E-state index in [1.165, 1.54) is 30.0 Å². The first-order valence-corrected chi connectivity index (χ1v) is 11.7. The second-order valence-electron chi connectivity index (χ2n) is 6.99. The number of morpholine rings is 1. The van der Waals surface area contributed by atoms with Crippen LogP contribution in [0.1, 0.15) is 31.2 Å². The molecule has 0 aromatic heterocycles. The van der Waals surface area contributed by atoms with E-state index in [0.717, 1.165) is 16.5 Å². The third-order valence-electron chi connectivity index (χ3n) is 5.20. The van der Waals surface area contributed by atoms with Crippen molar-refractivity contribution in [3.63, 3.8) is 0 Å². The molecule has 8 heteroatoms. The number of sulfonamides is 1. The third-order valence-corrected chi connectivity index (χ3v) is 8.07. The lowest BCUT2D eigenvalue weighted by Gasteiger charge is -2.26. The standard InChI is InChI=1S/C18H25N3O3S2/c22-26(23,21-8-10-24-11-9-21)15-5-3-4-14(12-15)13-25-18-19-16-6-1-2-7-17(16)20-18/h3-5,12,16-17H,1-2,6-11,13H2,(H,19,20)/t16-,17+. The van der Waals surface area contributed by atoms with Gasteiger partial charge in [-0.15, -0.1) is 0 Å². The zero-order valence-electron chi connectivity index (χ0n) is 14.8. The molecule has 2 fully saturated rings. The van der Waals surface area contributed by atoms with Crippen LogP contribution in [0.5, 0.6) is 0 Å². The van der Waals surface area contributed by atoms with Gasteiger partial charge in [0.1, 0.15) is 0 Å². The molecule has 0 spiro atoms. The van der Waals surface area contributed by atoms with Gasteiger partial charge in [0.2, 0.25) is 10.0 Å². The molecule has 2 aliphatic heterocycles. The number of amidine groups is 1. The van der Waals surface area contributed by atoms with Crippen LogP contribution in [0.3, 0.4) is 0 Å². The molecule has 0 amide bonds. The van der Waals surface area contributed by atoms with Gasteiger partial charge in [0.15, 0.2) is 5.17 Å². The highest BCUT2D eigenvalue weighted by molar-refractivity contribution is 8.13. The summed E-state index contributed by atoms with van der Waals surface area (Å²) in [5.41, 5.74) is 1.00. The number of fused-ring (bicyclic) bond motifs is 1. The molecule has 1 N–H and O–H groups in total. The van der Waals surface area contributed by atoms with Crippen LogP contribution in [-0.4, -0.2) is 56.3 Å². The van der Waals surface area contributed by atoms with E-state index in [2.05, 4.69) is 5.32 Å². The summed E-state index contributed by atoms with van der Waals surface area (Å²) in [6.45, 7) is 1.76. The highest BCUT2D eigenvalue weighted by Crippen LogP contribution is 2.28. The fourth-order valence-electron chi connectivity index (χ4n) is 3.74. The predicted octanol–water partition coefficient (Wildman–Crippen LogP) is 2.21. The smallest absolute Gasteiger partial charge is 0.243 e. The Hall–Kier alpha value is -1.09. The molecule has 1 aromatic carbocycles. The Kier molecular flexibility index (Phi) is 5.54. The molecule has 6 nitrogen and oxygen atoms in total. The Labute approximate surface area is 159 Å². The Morgan fingerprint density at radius 2 is 2.04 bits per heavy atom. The zero-order chi connectivity index (χ0) is 18.0. The Bertz CT molecular complexity index is 776. The van der Waals surface area contributed by atoms with E-state index < -0.39 is 10.0 Å². The molecule has 0 unspecified atom stereocenters. The lowest BCUT2D eigenvalue weighted by Crippen LogP contribution is -2.40. The van der Waals surface area contributed by atoms with Gasteiger partial charge in [-0.05, 0) is 30.5 Å². The summed E-state index contributed by atoms with van der Waals surface area (Å²) >= 11 is 1.67. The molecular weight excluding hydrogens is 370 g/mol. The first-order valence-electron chi connectivity index (χ1n) is 9.27. The van der Waals surface area contributed by atoms with Crippen LogP contribution in [0.2, 0.25) is 0 Å². The van der Waals surface area contributed by atoms with Crippen LogP contribution < -0.4 is 5.32 Å². The van der Waals surface area contributed by atoms with Crippen LogP contribution in [0.15, 0.2) is 34.2 Å². The molecule has 1 aromatic rings. The average Bonchev–Trinajstić information content (AvgIpc) is 3.10. The van der Waals surface area contributed by atoms with Crippen LogP contribution in [-0.2, 0) is 20.5 Å². The van der Waals surface area contributed by atoms with Gasteiger partial charge in [-0.25, -0.2) is 8.42 Å². The topological polar surface area (TPSA) is 71.0 Å². The normalized spacial score (nSPS) is 26.8. The fraction of sp³-hybridized carbons (Fsp3) is 0.611. The number of nitrogens with zero attached hydrogens (tertiary/aromatic N) is 2. The first kappa shape index (κ1) is 18.3. The minimum Gasteiger partial charge on any atom is -0.379 e. The van der Waals surface area contributed by atoms with Gasteiger partial charge in [-0.2, -0.15) is 4.31 Å². The third kappa shape index (κ3) is 3.93. The maximum absolute atomic E-state index is 12.8. The molecule has 3 aliphatic rings. The van der Waals surface area contributed by atoms with Crippen LogP contribution in [0.25, 0.3) is 0 Å². The summed E-state index contributed by atoms with van der Waals surface area (Å²) in [5.74, 6) is 0.720. The number of thioether (sulfide) groups is 1. The highest BCUT2D eigenvalue weighted by Gasteiger charge is 2.31. The van der Waals surface area contributed by atoms with Gasteiger partial charge in [0, 0.05) is 18.8 Å². The predicted molar refractivity (Wildman–Crippen MR) is 104 cm³/mol.